The van der Waals surface area contributed by atoms with Crippen molar-refractivity contribution in [3.8, 4) is 0 Å². The molecule has 1 aliphatic carbocycles. The average molecular weight is 408 g/mol. The molecule has 0 aliphatic heterocycles. The molecule has 0 fully saturated rings. The van der Waals surface area contributed by atoms with Gasteiger partial charge in [-0.05, 0) is 34.3 Å². The first-order valence-corrected chi connectivity index (χ1v) is 8.57. The molecule has 2 heterocycles. The third-order valence-electron chi connectivity index (χ3n) is 4.16. The van der Waals surface area contributed by atoms with Gasteiger partial charge in [-0.2, -0.15) is 0 Å². The molecule has 0 spiro atoms. The molecule has 0 bridgehead atoms. The van der Waals surface area contributed by atoms with Gasteiger partial charge in [0.25, 0.3) is 5.91 Å². The van der Waals surface area contributed by atoms with Crippen LogP contribution in [0.3, 0.4) is 0 Å². The highest BCUT2D eigenvalue weighted by molar-refractivity contribution is 9.10. The van der Waals surface area contributed by atoms with Crippen LogP contribution in [-0.2, 0) is 6.42 Å². The Labute approximate surface area is 152 Å². The first-order chi connectivity index (χ1) is 11.7. The number of hydrazine groups is 1. The Morgan fingerprint density at radius 1 is 1.24 bits per heavy atom. The molecule has 0 atom stereocenters. The quantitative estimate of drug-likeness (QED) is 0.665. The number of halogens is 1. The van der Waals surface area contributed by atoms with E-state index in [9.17, 15) is 14.4 Å². The predicted octanol–water partition coefficient (Wildman–Crippen LogP) is 2.91. The summed E-state index contributed by atoms with van der Waals surface area (Å²) in [7, 11) is 0. The molecular formula is C17H18BrN3O4. The summed E-state index contributed by atoms with van der Waals surface area (Å²) in [4.78, 5) is 39.4. The number of hydrogen-bond acceptors (Lipinski definition) is 4. The van der Waals surface area contributed by atoms with Crippen molar-refractivity contribution in [1.82, 2.24) is 15.8 Å². The largest absolute Gasteiger partial charge is 0.455 e. The Morgan fingerprint density at radius 2 is 1.92 bits per heavy atom. The molecule has 7 nitrogen and oxygen atoms in total. The van der Waals surface area contributed by atoms with Crippen LogP contribution < -0.4 is 10.9 Å². The van der Waals surface area contributed by atoms with E-state index in [-0.39, 0.29) is 17.0 Å². The summed E-state index contributed by atoms with van der Waals surface area (Å²) >= 11 is 3.23. The van der Waals surface area contributed by atoms with Crippen molar-refractivity contribution in [1.29, 1.82) is 0 Å². The molecule has 0 unspecified atom stereocenters. The second-order valence-electron chi connectivity index (χ2n) is 6.94. The lowest BCUT2D eigenvalue weighted by Gasteiger charge is -2.27. The van der Waals surface area contributed by atoms with E-state index in [0.717, 1.165) is 4.47 Å². The Morgan fingerprint density at radius 3 is 2.56 bits per heavy atom. The number of furan rings is 1. The molecule has 2 amide bonds. The van der Waals surface area contributed by atoms with Crippen molar-refractivity contribution in [2.75, 3.05) is 0 Å². The van der Waals surface area contributed by atoms with E-state index < -0.39 is 11.8 Å². The van der Waals surface area contributed by atoms with E-state index in [1.165, 1.54) is 0 Å². The zero-order chi connectivity index (χ0) is 18.4. The number of H-pyrrole nitrogens is 1. The van der Waals surface area contributed by atoms with Crippen LogP contribution in [0.1, 0.15) is 63.0 Å². The maximum Gasteiger partial charge on any atom is 0.305 e. The minimum Gasteiger partial charge on any atom is -0.455 e. The number of carbonyl (C=O) groups excluding carboxylic acids is 3. The van der Waals surface area contributed by atoms with E-state index in [1.54, 1.807) is 19.2 Å². The second kappa shape index (κ2) is 6.18. The van der Waals surface area contributed by atoms with Gasteiger partial charge in [-0.15, -0.1) is 0 Å². The summed E-state index contributed by atoms with van der Waals surface area (Å²) in [6, 6.07) is 1.58. The van der Waals surface area contributed by atoms with Gasteiger partial charge in [0.2, 0.25) is 0 Å². The minimum atomic E-state index is -0.600. The van der Waals surface area contributed by atoms with Gasteiger partial charge < -0.3 is 9.40 Å². The summed E-state index contributed by atoms with van der Waals surface area (Å²) in [5.41, 5.74) is 5.71. The number of nitrogens with one attached hydrogen (secondary N) is 3. The van der Waals surface area contributed by atoms with Gasteiger partial charge in [0.1, 0.15) is 11.5 Å². The van der Waals surface area contributed by atoms with Gasteiger partial charge in [0, 0.05) is 29.1 Å². The maximum absolute atomic E-state index is 12.3. The van der Waals surface area contributed by atoms with Crippen LogP contribution in [0.25, 0.3) is 0 Å². The predicted molar refractivity (Wildman–Crippen MR) is 93.3 cm³/mol. The van der Waals surface area contributed by atoms with E-state index in [1.807, 2.05) is 13.8 Å². The van der Waals surface area contributed by atoms with Gasteiger partial charge in [0.15, 0.2) is 11.5 Å². The third kappa shape index (κ3) is 3.39. The molecule has 0 aromatic carbocycles. The van der Waals surface area contributed by atoms with Crippen molar-refractivity contribution < 1.29 is 18.8 Å². The lowest BCUT2D eigenvalue weighted by molar-refractivity contribution is 0.0825. The van der Waals surface area contributed by atoms with Gasteiger partial charge in [0.05, 0.1) is 5.56 Å². The van der Waals surface area contributed by atoms with E-state index in [2.05, 4.69) is 31.8 Å². The van der Waals surface area contributed by atoms with Crippen molar-refractivity contribution >= 4 is 33.5 Å². The fraction of sp³-hybridized carbons (Fsp3) is 0.353. The van der Waals surface area contributed by atoms with Crippen molar-refractivity contribution in [3.05, 3.63) is 45.1 Å². The molecule has 0 saturated carbocycles. The zero-order valence-corrected chi connectivity index (χ0v) is 15.7. The number of amides is 2. The number of fused-ring (bicyclic) bond motifs is 1. The van der Waals surface area contributed by atoms with Crippen molar-refractivity contribution in [2.45, 2.75) is 33.6 Å². The molecule has 3 rings (SSSR count). The normalized spacial score (nSPS) is 15.6. The number of aromatic amines is 1. The topological polar surface area (TPSA) is 104 Å². The fourth-order valence-electron chi connectivity index (χ4n) is 3.04. The molecule has 25 heavy (non-hydrogen) atoms. The minimum absolute atomic E-state index is 0.0215. The molecule has 132 valence electrons. The van der Waals surface area contributed by atoms with Crippen LogP contribution in [0, 0.1) is 12.3 Å². The Kier molecular flexibility index (Phi) is 4.32. The van der Waals surface area contributed by atoms with Crippen LogP contribution in [-0.4, -0.2) is 22.6 Å². The number of carbonyl (C=O) groups is 3. The highest BCUT2D eigenvalue weighted by Gasteiger charge is 2.37. The Hall–Kier alpha value is -2.35. The number of rotatable bonds is 2. The molecule has 2 aromatic rings. The van der Waals surface area contributed by atoms with E-state index >= 15 is 0 Å². The first-order valence-electron chi connectivity index (χ1n) is 7.78. The zero-order valence-electron chi connectivity index (χ0n) is 14.1. The number of hydrogen-bond donors (Lipinski definition) is 3. The summed E-state index contributed by atoms with van der Waals surface area (Å²) < 4.78 is 6.37. The van der Waals surface area contributed by atoms with Crippen LogP contribution in [0.5, 0.6) is 0 Å². The lowest BCUT2D eigenvalue weighted by atomic mass is 9.76. The SMILES string of the molecule is Cc1c(C(=O)NNC(=O)c2cc(Br)c[nH]2)oc2c1C(=O)CC(C)(C)C2. The fourth-order valence-corrected chi connectivity index (χ4v) is 3.38. The van der Waals surface area contributed by atoms with Gasteiger partial charge >= 0.3 is 5.91 Å². The van der Waals surface area contributed by atoms with Gasteiger partial charge in [-0.3, -0.25) is 25.2 Å². The smallest absolute Gasteiger partial charge is 0.305 e. The molecule has 1 aliphatic rings. The standard InChI is InChI=1S/C17H18BrN3O4/c1-8-13-11(22)5-17(2,3)6-12(13)25-14(8)16(24)21-20-15(23)10-4-9(18)7-19-10/h4,7,19H,5-6H2,1-3H3,(H,20,23)(H,21,24). The van der Waals surface area contributed by atoms with Crippen LogP contribution in [0.2, 0.25) is 0 Å². The van der Waals surface area contributed by atoms with Gasteiger partial charge in [-0.25, -0.2) is 0 Å². The number of aromatic nitrogens is 1. The first kappa shape index (κ1) is 17.5. The Bertz CT molecular complexity index is 879. The monoisotopic (exact) mass is 407 g/mol. The molecule has 0 radical (unpaired) electrons. The third-order valence-corrected chi connectivity index (χ3v) is 4.62. The molecule has 8 heteroatoms. The van der Waals surface area contributed by atoms with Crippen molar-refractivity contribution in [2.24, 2.45) is 5.41 Å². The highest BCUT2D eigenvalue weighted by atomic mass is 79.9. The second-order valence-corrected chi connectivity index (χ2v) is 7.85. The summed E-state index contributed by atoms with van der Waals surface area (Å²) in [5, 5.41) is 0. The van der Waals surface area contributed by atoms with Crippen LogP contribution in [0.15, 0.2) is 21.2 Å². The lowest BCUT2D eigenvalue weighted by Crippen LogP contribution is -2.41. The maximum atomic E-state index is 12.3. The number of ketones is 1. The van der Waals surface area contributed by atoms with Crippen molar-refractivity contribution in [3.63, 3.8) is 0 Å². The molecule has 2 aromatic heterocycles. The highest BCUT2D eigenvalue weighted by Crippen LogP contribution is 2.38. The average Bonchev–Trinajstić information content (AvgIpc) is 3.07. The van der Waals surface area contributed by atoms with Crippen LogP contribution in [0.4, 0.5) is 0 Å². The van der Waals surface area contributed by atoms with Crippen LogP contribution >= 0.6 is 15.9 Å². The molecule has 3 N–H and O–H groups in total. The summed E-state index contributed by atoms with van der Waals surface area (Å²) in [6.07, 6.45) is 2.61. The Balaban J connectivity index is 1.75. The summed E-state index contributed by atoms with van der Waals surface area (Å²) in [5.74, 6) is -0.541. The molecule has 0 saturated heterocycles. The van der Waals surface area contributed by atoms with E-state index in [4.69, 9.17) is 4.42 Å². The van der Waals surface area contributed by atoms with E-state index in [0.29, 0.717) is 35.4 Å². The van der Waals surface area contributed by atoms with Gasteiger partial charge in [-0.1, -0.05) is 13.8 Å². The number of Topliss-reactive ketones (excluding diaryl/α,β-unsaturated/α-hetero) is 1. The summed E-state index contributed by atoms with van der Waals surface area (Å²) in [6.45, 7) is 5.65. The molecular weight excluding hydrogens is 390 g/mol.